The van der Waals surface area contributed by atoms with Gasteiger partial charge in [0.05, 0.1) is 12.3 Å². The Kier molecular flexibility index (Phi) is 5.76. The Bertz CT molecular complexity index is 817. The first-order chi connectivity index (χ1) is 12.7. The van der Waals surface area contributed by atoms with E-state index in [9.17, 15) is 4.79 Å². The van der Waals surface area contributed by atoms with Gasteiger partial charge in [-0.3, -0.25) is 4.79 Å². The Balaban J connectivity index is 1.48. The maximum Gasteiger partial charge on any atom is 0.262 e. The molecule has 1 N–H and O–H groups in total. The average Bonchev–Trinajstić information content (AvgIpc) is 3.21. The smallest absolute Gasteiger partial charge is 0.262 e. The van der Waals surface area contributed by atoms with Crippen LogP contribution in [0, 0.1) is 0 Å². The topological polar surface area (TPSA) is 91.2 Å². The molecular weight excluding hydrogens is 334 g/mol. The molecule has 0 unspecified atom stereocenters. The van der Waals surface area contributed by atoms with Crippen molar-refractivity contribution < 1.29 is 14.3 Å². The molecule has 0 aliphatic rings. The van der Waals surface area contributed by atoms with Gasteiger partial charge in [0.1, 0.15) is 17.8 Å². The molecule has 0 aliphatic heterocycles. The average molecular weight is 353 g/mol. The van der Waals surface area contributed by atoms with E-state index in [1.807, 2.05) is 24.3 Å². The van der Waals surface area contributed by atoms with Crippen molar-refractivity contribution in [2.45, 2.75) is 13.3 Å². The zero-order valence-corrected chi connectivity index (χ0v) is 14.3. The van der Waals surface area contributed by atoms with E-state index in [1.165, 1.54) is 11.0 Å². The normalized spacial score (nSPS) is 10.3. The van der Waals surface area contributed by atoms with Gasteiger partial charge < -0.3 is 14.8 Å². The molecule has 0 saturated heterocycles. The molecule has 1 heterocycles. The third kappa shape index (κ3) is 4.79. The second-order valence-corrected chi connectivity index (χ2v) is 5.46. The maximum absolute atomic E-state index is 12.0. The fourth-order valence-corrected chi connectivity index (χ4v) is 2.18. The van der Waals surface area contributed by atoms with E-state index >= 15 is 0 Å². The van der Waals surface area contributed by atoms with Crippen LogP contribution in [0.4, 0.5) is 5.69 Å². The van der Waals surface area contributed by atoms with Crippen molar-refractivity contribution in [3.63, 3.8) is 0 Å². The number of rotatable bonds is 8. The van der Waals surface area contributed by atoms with Gasteiger partial charge in [-0.15, -0.1) is 5.10 Å². The molecule has 0 saturated carbocycles. The number of nitrogens with one attached hydrogen (secondary N) is 1. The number of benzene rings is 2. The van der Waals surface area contributed by atoms with Crippen LogP contribution in [0.15, 0.2) is 54.9 Å². The zero-order chi connectivity index (χ0) is 18.2. The monoisotopic (exact) mass is 353 g/mol. The van der Waals surface area contributed by atoms with E-state index in [4.69, 9.17) is 9.47 Å². The lowest BCUT2D eigenvalue weighted by Crippen LogP contribution is -2.20. The summed E-state index contributed by atoms with van der Waals surface area (Å²) in [6, 6.07) is 14.4. The molecule has 1 aromatic heterocycles. The van der Waals surface area contributed by atoms with Crippen LogP contribution >= 0.6 is 0 Å². The summed E-state index contributed by atoms with van der Waals surface area (Å²) in [6.45, 7) is 2.65. The van der Waals surface area contributed by atoms with E-state index < -0.39 is 0 Å². The molecule has 0 fully saturated rings. The van der Waals surface area contributed by atoms with Crippen molar-refractivity contribution in [3.05, 3.63) is 54.9 Å². The van der Waals surface area contributed by atoms with E-state index in [-0.39, 0.29) is 12.5 Å². The third-order valence-electron chi connectivity index (χ3n) is 3.43. The van der Waals surface area contributed by atoms with E-state index in [0.29, 0.717) is 18.0 Å². The highest BCUT2D eigenvalue weighted by Gasteiger charge is 2.05. The molecule has 2 aromatic carbocycles. The number of hydrogen-bond acceptors (Lipinski definition) is 6. The highest BCUT2D eigenvalue weighted by Crippen LogP contribution is 2.18. The molecule has 8 nitrogen and oxygen atoms in total. The van der Waals surface area contributed by atoms with E-state index in [1.54, 1.807) is 24.3 Å². The van der Waals surface area contributed by atoms with Crippen LogP contribution in [0.1, 0.15) is 13.3 Å². The minimum absolute atomic E-state index is 0.0795. The number of tetrazole rings is 1. The molecule has 0 aliphatic carbocycles. The molecule has 26 heavy (non-hydrogen) atoms. The highest BCUT2D eigenvalue weighted by atomic mass is 16.5. The number of aromatic nitrogens is 4. The molecule has 0 atom stereocenters. The van der Waals surface area contributed by atoms with Gasteiger partial charge >= 0.3 is 0 Å². The van der Waals surface area contributed by atoms with Crippen molar-refractivity contribution in [3.8, 4) is 17.2 Å². The third-order valence-corrected chi connectivity index (χ3v) is 3.43. The quantitative estimate of drug-likeness (QED) is 0.669. The summed E-state index contributed by atoms with van der Waals surface area (Å²) in [5.74, 6) is 1.15. The summed E-state index contributed by atoms with van der Waals surface area (Å²) in [5.41, 5.74) is 1.47. The maximum atomic E-state index is 12.0. The SMILES string of the molecule is CCCOc1ccc(OCC(=O)Nc2ccc(-n3cnnn3)cc2)cc1. The Morgan fingerprint density at radius 2 is 1.73 bits per heavy atom. The van der Waals surface area contributed by atoms with Gasteiger partial charge in [-0.25, -0.2) is 4.68 Å². The van der Waals surface area contributed by atoms with Crippen LogP contribution in [0.3, 0.4) is 0 Å². The fourth-order valence-electron chi connectivity index (χ4n) is 2.18. The summed E-state index contributed by atoms with van der Waals surface area (Å²) in [5, 5.41) is 13.7. The van der Waals surface area contributed by atoms with Gasteiger partial charge in [-0.2, -0.15) is 0 Å². The lowest BCUT2D eigenvalue weighted by atomic mass is 10.3. The first-order valence-corrected chi connectivity index (χ1v) is 8.23. The predicted octanol–water partition coefficient (Wildman–Crippen LogP) is 2.47. The van der Waals surface area contributed by atoms with E-state index in [0.717, 1.165) is 17.9 Å². The van der Waals surface area contributed by atoms with Crippen LogP contribution in [0.2, 0.25) is 0 Å². The first kappa shape index (κ1) is 17.4. The molecule has 8 heteroatoms. The molecule has 0 radical (unpaired) electrons. The number of anilines is 1. The largest absolute Gasteiger partial charge is 0.494 e. The van der Waals surface area contributed by atoms with Crippen LogP contribution < -0.4 is 14.8 Å². The summed E-state index contributed by atoms with van der Waals surface area (Å²) >= 11 is 0. The molecule has 0 spiro atoms. The lowest BCUT2D eigenvalue weighted by Gasteiger charge is -2.09. The lowest BCUT2D eigenvalue weighted by molar-refractivity contribution is -0.118. The Labute approximate surface area is 150 Å². The summed E-state index contributed by atoms with van der Waals surface area (Å²) in [7, 11) is 0. The summed E-state index contributed by atoms with van der Waals surface area (Å²) in [4.78, 5) is 12.0. The minimum atomic E-state index is -0.244. The number of ether oxygens (including phenoxy) is 2. The van der Waals surface area contributed by atoms with Crippen LogP contribution in [-0.2, 0) is 4.79 Å². The standard InChI is InChI=1S/C18H19N5O3/c1-2-11-25-16-7-9-17(10-8-16)26-12-18(24)20-14-3-5-15(6-4-14)23-13-19-21-22-23/h3-10,13H,2,11-12H2,1H3,(H,20,24). The first-order valence-electron chi connectivity index (χ1n) is 8.23. The zero-order valence-electron chi connectivity index (χ0n) is 14.3. The van der Waals surface area contributed by atoms with Gasteiger partial charge in [-0.1, -0.05) is 6.92 Å². The predicted molar refractivity (Wildman–Crippen MR) is 95.5 cm³/mol. The number of carbonyl (C=O) groups is 1. The summed E-state index contributed by atoms with van der Waals surface area (Å²) in [6.07, 6.45) is 2.45. The second-order valence-electron chi connectivity index (χ2n) is 5.46. The number of hydrogen-bond donors (Lipinski definition) is 1. The van der Waals surface area contributed by atoms with Crippen LogP contribution in [0.5, 0.6) is 11.5 Å². The molecular formula is C18H19N5O3. The van der Waals surface area contributed by atoms with Crippen LogP contribution in [-0.4, -0.2) is 39.3 Å². The van der Waals surface area contributed by atoms with Crippen molar-refractivity contribution in [1.82, 2.24) is 20.2 Å². The van der Waals surface area contributed by atoms with Crippen molar-refractivity contribution in [2.75, 3.05) is 18.5 Å². The van der Waals surface area contributed by atoms with Gasteiger partial charge in [0.2, 0.25) is 0 Å². The Morgan fingerprint density at radius 3 is 2.35 bits per heavy atom. The second kappa shape index (κ2) is 8.61. The van der Waals surface area contributed by atoms with Gasteiger partial charge in [0.15, 0.2) is 6.61 Å². The minimum Gasteiger partial charge on any atom is -0.494 e. The van der Waals surface area contributed by atoms with Crippen molar-refractivity contribution in [2.24, 2.45) is 0 Å². The number of nitrogens with zero attached hydrogens (tertiary/aromatic N) is 4. The summed E-state index contributed by atoms with van der Waals surface area (Å²) < 4.78 is 12.5. The Hall–Kier alpha value is -3.42. The molecule has 134 valence electrons. The molecule has 3 rings (SSSR count). The van der Waals surface area contributed by atoms with E-state index in [2.05, 4.69) is 27.8 Å². The van der Waals surface area contributed by atoms with Crippen LogP contribution in [0.25, 0.3) is 5.69 Å². The molecule has 1 amide bonds. The molecule has 3 aromatic rings. The fraction of sp³-hybridized carbons (Fsp3) is 0.222. The number of carbonyl (C=O) groups excluding carboxylic acids is 1. The highest BCUT2D eigenvalue weighted by molar-refractivity contribution is 5.91. The van der Waals surface area contributed by atoms with Crippen molar-refractivity contribution >= 4 is 11.6 Å². The van der Waals surface area contributed by atoms with Crippen molar-refractivity contribution in [1.29, 1.82) is 0 Å². The van der Waals surface area contributed by atoms with Gasteiger partial charge in [-0.05, 0) is 65.4 Å². The van der Waals surface area contributed by atoms with Gasteiger partial charge in [0.25, 0.3) is 5.91 Å². The number of amides is 1. The molecule has 0 bridgehead atoms. The Morgan fingerprint density at radius 1 is 1.04 bits per heavy atom. The van der Waals surface area contributed by atoms with Gasteiger partial charge in [0, 0.05) is 5.69 Å².